The van der Waals surface area contributed by atoms with E-state index in [-0.39, 0.29) is 31.4 Å². The third-order valence-electron chi connectivity index (χ3n) is 5.70. The number of hydrazine groups is 1. The molecule has 188 valence electrons. The van der Waals surface area contributed by atoms with E-state index in [0.717, 1.165) is 5.56 Å². The number of nitrogens with zero attached hydrogens (tertiary/aromatic N) is 4. The van der Waals surface area contributed by atoms with Gasteiger partial charge in [-0.1, -0.05) is 5.16 Å². The Morgan fingerprint density at radius 2 is 2.14 bits per heavy atom. The van der Waals surface area contributed by atoms with Crippen LogP contribution < -0.4 is 25.9 Å². The average molecular weight is 490 g/mol. The van der Waals surface area contributed by atoms with Crippen LogP contribution in [-0.2, 0) is 20.9 Å². The van der Waals surface area contributed by atoms with Gasteiger partial charge in [0.15, 0.2) is 0 Å². The molecule has 2 saturated heterocycles. The van der Waals surface area contributed by atoms with E-state index in [0.29, 0.717) is 44.1 Å². The summed E-state index contributed by atoms with van der Waals surface area (Å²) in [6, 6.07) is 4.58. The maximum absolute atomic E-state index is 15.1. The molecule has 0 aliphatic carbocycles. The van der Waals surface area contributed by atoms with Crippen LogP contribution in [0.1, 0.15) is 12.5 Å². The van der Waals surface area contributed by atoms with E-state index in [9.17, 15) is 14.4 Å². The van der Waals surface area contributed by atoms with Gasteiger partial charge >= 0.3 is 6.09 Å². The Balaban J connectivity index is 1.31. The maximum atomic E-state index is 15.1. The van der Waals surface area contributed by atoms with Crippen molar-refractivity contribution in [1.82, 2.24) is 26.2 Å². The van der Waals surface area contributed by atoms with Crippen LogP contribution in [0.3, 0.4) is 0 Å². The topological polar surface area (TPSA) is 132 Å². The number of ether oxygens (including phenoxy) is 1. The van der Waals surface area contributed by atoms with Gasteiger partial charge in [0.2, 0.25) is 5.91 Å². The molecule has 3 amide bonds. The number of nitrogens with one attached hydrogen (secondary N) is 3. The molecule has 2 aromatic rings. The lowest BCUT2D eigenvalue weighted by atomic mass is 10.2. The Morgan fingerprint density at radius 1 is 1.29 bits per heavy atom. The second-order valence-corrected chi connectivity index (χ2v) is 8.27. The van der Waals surface area contributed by atoms with Gasteiger partial charge in [-0.25, -0.2) is 14.6 Å². The van der Waals surface area contributed by atoms with E-state index in [2.05, 4.69) is 21.2 Å². The summed E-state index contributed by atoms with van der Waals surface area (Å²) in [5, 5.41) is 10.8. The Hall–Kier alpha value is -3.71. The summed E-state index contributed by atoms with van der Waals surface area (Å²) in [5.41, 5.74) is 4.69. The number of halogens is 1. The summed E-state index contributed by atoms with van der Waals surface area (Å²) in [6.45, 7) is 4.16. The van der Waals surface area contributed by atoms with E-state index < -0.39 is 18.0 Å². The molecule has 35 heavy (non-hydrogen) atoms. The standard InChI is InChI=1S/C22H28FN7O5/c1-15(31)25-11-18-13-29(22(33)35-18)17-2-3-20(19(23)8-17)28-5-4-26-30(7-6-28)21(32)12-24-9-16-10-27-34-14-16/h2-3,8,10,14,18,24,26H,4-7,9,11-13H2,1H3,(H,25,31). The quantitative estimate of drug-likeness (QED) is 0.476. The molecule has 0 saturated carbocycles. The lowest BCUT2D eigenvalue weighted by Gasteiger charge is -2.24. The molecule has 2 aliphatic heterocycles. The van der Waals surface area contributed by atoms with Crippen molar-refractivity contribution in [3.63, 3.8) is 0 Å². The van der Waals surface area contributed by atoms with Crippen LogP contribution >= 0.6 is 0 Å². The molecule has 3 N–H and O–H groups in total. The molecule has 2 fully saturated rings. The van der Waals surface area contributed by atoms with Gasteiger partial charge in [-0.05, 0) is 18.2 Å². The summed E-state index contributed by atoms with van der Waals surface area (Å²) < 4.78 is 25.1. The zero-order valence-electron chi connectivity index (χ0n) is 19.3. The third kappa shape index (κ3) is 6.25. The highest BCUT2D eigenvalue weighted by Crippen LogP contribution is 2.28. The van der Waals surface area contributed by atoms with Crippen molar-refractivity contribution in [3.05, 3.63) is 42.0 Å². The van der Waals surface area contributed by atoms with Gasteiger partial charge in [-0.15, -0.1) is 0 Å². The fraction of sp³-hybridized carbons (Fsp3) is 0.455. The molecule has 0 radical (unpaired) electrons. The minimum atomic E-state index is -0.585. The average Bonchev–Trinajstić information content (AvgIpc) is 3.40. The number of amides is 3. The highest BCUT2D eigenvalue weighted by atomic mass is 19.1. The van der Waals surface area contributed by atoms with Crippen LogP contribution in [-0.4, -0.2) is 80.0 Å². The monoisotopic (exact) mass is 489 g/mol. The van der Waals surface area contributed by atoms with Crippen molar-refractivity contribution in [2.45, 2.75) is 19.6 Å². The number of anilines is 2. The van der Waals surface area contributed by atoms with Crippen molar-refractivity contribution in [1.29, 1.82) is 0 Å². The smallest absolute Gasteiger partial charge is 0.414 e. The van der Waals surface area contributed by atoms with Gasteiger partial charge in [0.25, 0.3) is 5.91 Å². The first kappa shape index (κ1) is 24.4. The number of aromatic nitrogens is 1. The molecule has 2 aliphatic rings. The highest BCUT2D eigenvalue weighted by Gasteiger charge is 2.33. The number of hydrogen-bond donors (Lipinski definition) is 3. The number of carbonyl (C=O) groups is 3. The Kier molecular flexibility index (Phi) is 7.77. The molecular weight excluding hydrogens is 461 g/mol. The molecule has 0 spiro atoms. The number of benzene rings is 1. The number of cyclic esters (lactones) is 1. The van der Waals surface area contributed by atoms with Gasteiger partial charge < -0.3 is 24.8 Å². The lowest BCUT2D eigenvalue weighted by molar-refractivity contribution is -0.133. The first-order valence-electron chi connectivity index (χ1n) is 11.3. The largest absolute Gasteiger partial charge is 0.442 e. The minimum absolute atomic E-state index is 0.125. The molecule has 1 unspecified atom stereocenters. The third-order valence-corrected chi connectivity index (χ3v) is 5.70. The first-order chi connectivity index (χ1) is 16.9. The van der Waals surface area contributed by atoms with Gasteiger partial charge in [0.05, 0.1) is 43.8 Å². The molecule has 1 aromatic carbocycles. The second-order valence-electron chi connectivity index (χ2n) is 8.27. The molecule has 12 nitrogen and oxygen atoms in total. The number of carbonyl (C=O) groups excluding carboxylic acids is 3. The van der Waals surface area contributed by atoms with Crippen LogP contribution in [0.25, 0.3) is 0 Å². The molecular formula is C22H28FN7O5. The van der Waals surface area contributed by atoms with Gasteiger partial charge in [0.1, 0.15) is 18.2 Å². The molecule has 1 atom stereocenters. The van der Waals surface area contributed by atoms with E-state index in [1.54, 1.807) is 18.3 Å². The van der Waals surface area contributed by atoms with Crippen LogP contribution in [0.2, 0.25) is 0 Å². The van der Waals surface area contributed by atoms with Crippen molar-refractivity contribution in [2.24, 2.45) is 0 Å². The Bertz CT molecular complexity index is 1050. The van der Waals surface area contributed by atoms with Crippen molar-refractivity contribution in [2.75, 3.05) is 55.6 Å². The fourth-order valence-electron chi connectivity index (χ4n) is 3.92. The second kappa shape index (κ2) is 11.1. The molecule has 3 heterocycles. The van der Waals surface area contributed by atoms with E-state index in [4.69, 9.17) is 9.26 Å². The van der Waals surface area contributed by atoms with Crippen molar-refractivity contribution in [3.8, 4) is 0 Å². The number of hydrogen-bond acceptors (Lipinski definition) is 9. The predicted octanol–water partition coefficient (Wildman–Crippen LogP) is 0.218. The van der Waals surface area contributed by atoms with Gasteiger partial charge in [-0.2, -0.15) is 0 Å². The normalized spacial score (nSPS) is 18.4. The first-order valence-corrected chi connectivity index (χ1v) is 11.3. The van der Waals surface area contributed by atoms with Crippen molar-refractivity contribution < 1.29 is 28.0 Å². The predicted molar refractivity (Wildman–Crippen MR) is 123 cm³/mol. The summed E-state index contributed by atoms with van der Waals surface area (Å²) >= 11 is 0. The van der Waals surface area contributed by atoms with E-state index in [1.165, 1.54) is 29.2 Å². The number of rotatable bonds is 8. The van der Waals surface area contributed by atoms with Crippen LogP contribution in [0, 0.1) is 5.82 Å². The minimum Gasteiger partial charge on any atom is -0.442 e. The molecule has 1 aromatic heterocycles. The Labute approximate surface area is 201 Å². The van der Waals surface area contributed by atoms with E-state index in [1.807, 2.05) is 4.90 Å². The van der Waals surface area contributed by atoms with E-state index >= 15 is 4.39 Å². The zero-order valence-corrected chi connectivity index (χ0v) is 19.3. The lowest BCUT2D eigenvalue weighted by Crippen LogP contribution is -2.47. The van der Waals surface area contributed by atoms with Crippen LogP contribution in [0.4, 0.5) is 20.6 Å². The summed E-state index contributed by atoms with van der Waals surface area (Å²) in [5.74, 6) is -0.818. The Morgan fingerprint density at radius 3 is 2.89 bits per heavy atom. The summed E-state index contributed by atoms with van der Waals surface area (Å²) in [6.07, 6.45) is 2.00. The molecule has 0 bridgehead atoms. The fourth-order valence-corrected chi connectivity index (χ4v) is 3.92. The van der Waals surface area contributed by atoms with Crippen LogP contribution in [0.5, 0.6) is 0 Å². The summed E-state index contributed by atoms with van der Waals surface area (Å²) in [7, 11) is 0. The van der Waals surface area contributed by atoms with Crippen LogP contribution in [0.15, 0.2) is 35.2 Å². The summed E-state index contributed by atoms with van der Waals surface area (Å²) in [4.78, 5) is 39.0. The zero-order chi connectivity index (χ0) is 24.8. The molecule has 13 heteroatoms. The van der Waals surface area contributed by atoms with Gasteiger partial charge in [0, 0.05) is 38.7 Å². The highest BCUT2D eigenvalue weighted by molar-refractivity contribution is 5.90. The van der Waals surface area contributed by atoms with Gasteiger partial charge in [-0.3, -0.25) is 19.5 Å². The SMILES string of the molecule is CC(=O)NCC1CN(c2ccc(N3CCNN(C(=O)CNCc4cnoc4)CC3)c(F)c2)C(=O)O1. The van der Waals surface area contributed by atoms with Crippen molar-refractivity contribution >= 4 is 29.3 Å². The maximum Gasteiger partial charge on any atom is 0.414 e. The molecule has 4 rings (SSSR count).